The van der Waals surface area contributed by atoms with Gasteiger partial charge >= 0.3 is 12.1 Å². The van der Waals surface area contributed by atoms with Gasteiger partial charge in [0.1, 0.15) is 11.2 Å². The number of hydrogen-bond acceptors (Lipinski definition) is 7. The molecule has 1 amide bonds. The molecule has 1 fully saturated rings. The maximum Gasteiger partial charge on any atom is 0.410 e. The van der Waals surface area contributed by atoms with E-state index in [4.69, 9.17) is 14.6 Å². The fraction of sp³-hybridized carbons (Fsp3) is 0.625. The Morgan fingerprint density at radius 1 is 1.32 bits per heavy atom. The Bertz CT molecular complexity index is 636. The number of hydrogen-bond donors (Lipinski definition) is 2. The molecule has 0 saturated carbocycles. The predicted molar refractivity (Wildman–Crippen MR) is 90.0 cm³/mol. The van der Waals surface area contributed by atoms with Gasteiger partial charge in [-0.1, -0.05) is 0 Å². The molecule has 1 aliphatic rings. The summed E-state index contributed by atoms with van der Waals surface area (Å²) < 4.78 is 10.4. The van der Waals surface area contributed by atoms with E-state index in [0.717, 1.165) is 0 Å². The van der Waals surface area contributed by atoms with Crippen LogP contribution in [0, 0.1) is 0 Å². The number of carboxylic acids is 1. The number of carbonyl (C=O) groups is 2. The number of amides is 1. The van der Waals surface area contributed by atoms with Crippen LogP contribution in [0.3, 0.4) is 0 Å². The first-order valence-corrected chi connectivity index (χ1v) is 8.08. The summed E-state index contributed by atoms with van der Waals surface area (Å²) in [5.74, 6) is -0.831. The second-order valence-corrected chi connectivity index (χ2v) is 6.81. The molecule has 2 N–H and O–H groups in total. The van der Waals surface area contributed by atoms with E-state index in [1.54, 1.807) is 4.90 Å². The highest BCUT2D eigenvalue weighted by Gasteiger charge is 2.27. The van der Waals surface area contributed by atoms with Gasteiger partial charge in [0.15, 0.2) is 0 Å². The van der Waals surface area contributed by atoms with Crippen LogP contribution in [-0.4, -0.2) is 63.9 Å². The second-order valence-electron chi connectivity index (χ2n) is 6.81. The van der Waals surface area contributed by atoms with Crippen molar-refractivity contribution < 1.29 is 24.2 Å². The first kappa shape index (κ1) is 18.8. The molecule has 1 aromatic rings. The Labute approximate surface area is 146 Å². The first-order valence-electron chi connectivity index (χ1n) is 8.08. The van der Waals surface area contributed by atoms with Crippen molar-refractivity contribution in [3.05, 3.63) is 11.8 Å². The molecule has 0 bridgehead atoms. The van der Waals surface area contributed by atoms with Gasteiger partial charge in [-0.3, -0.25) is 0 Å². The molecule has 1 aromatic heterocycles. The third kappa shape index (κ3) is 5.20. The Kier molecular flexibility index (Phi) is 5.66. The zero-order valence-corrected chi connectivity index (χ0v) is 14.9. The fourth-order valence-corrected chi connectivity index (χ4v) is 2.45. The summed E-state index contributed by atoms with van der Waals surface area (Å²) in [6, 6.07) is 0.0825. The van der Waals surface area contributed by atoms with Gasteiger partial charge in [-0.2, -0.15) is 4.98 Å². The third-order valence-corrected chi connectivity index (χ3v) is 3.66. The molecule has 25 heavy (non-hydrogen) atoms. The normalized spacial score (nSPS) is 15.6. The summed E-state index contributed by atoms with van der Waals surface area (Å²) >= 11 is 0. The van der Waals surface area contributed by atoms with Gasteiger partial charge in [0.05, 0.1) is 13.3 Å². The summed E-state index contributed by atoms with van der Waals surface area (Å²) in [4.78, 5) is 32.9. The highest BCUT2D eigenvalue weighted by Crippen LogP contribution is 2.20. The van der Waals surface area contributed by atoms with Crippen LogP contribution in [0.25, 0.3) is 0 Å². The van der Waals surface area contributed by atoms with Crippen LogP contribution >= 0.6 is 0 Å². The number of carboxylic acid groups (broad SMARTS) is 1. The lowest BCUT2D eigenvalue weighted by Crippen LogP contribution is -2.44. The maximum atomic E-state index is 12.1. The van der Waals surface area contributed by atoms with Crippen molar-refractivity contribution in [2.24, 2.45) is 0 Å². The molecule has 0 unspecified atom stereocenters. The van der Waals surface area contributed by atoms with Crippen LogP contribution in [0.5, 0.6) is 5.88 Å². The molecule has 0 spiro atoms. The number of methoxy groups -OCH3 is 1. The van der Waals surface area contributed by atoms with E-state index in [-0.39, 0.29) is 23.6 Å². The fourth-order valence-electron chi connectivity index (χ4n) is 2.45. The van der Waals surface area contributed by atoms with Crippen LogP contribution in [0.15, 0.2) is 6.20 Å². The number of anilines is 1. The van der Waals surface area contributed by atoms with Gasteiger partial charge in [0.25, 0.3) is 0 Å². The number of carbonyl (C=O) groups excluding carboxylic acids is 1. The van der Waals surface area contributed by atoms with E-state index in [9.17, 15) is 9.59 Å². The monoisotopic (exact) mass is 352 g/mol. The summed E-state index contributed by atoms with van der Waals surface area (Å²) in [5, 5.41) is 12.2. The zero-order chi connectivity index (χ0) is 18.6. The van der Waals surface area contributed by atoms with E-state index in [1.165, 1.54) is 13.3 Å². The molecule has 0 radical (unpaired) electrons. The van der Waals surface area contributed by atoms with Crippen LogP contribution in [0.2, 0.25) is 0 Å². The Morgan fingerprint density at radius 2 is 1.96 bits per heavy atom. The Balaban J connectivity index is 1.92. The van der Waals surface area contributed by atoms with Crippen molar-refractivity contribution in [1.29, 1.82) is 0 Å². The SMILES string of the molecule is COc1nc(NC2CCN(C(=O)OC(C)(C)C)CC2)ncc1C(=O)O. The summed E-state index contributed by atoms with van der Waals surface area (Å²) in [7, 11) is 1.36. The third-order valence-electron chi connectivity index (χ3n) is 3.66. The van der Waals surface area contributed by atoms with Gasteiger partial charge in [-0.25, -0.2) is 14.6 Å². The number of rotatable bonds is 4. The number of piperidine rings is 1. The van der Waals surface area contributed by atoms with Crippen LogP contribution in [0.1, 0.15) is 44.0 Å². The molecular formula is C16H24N4O5. The standard InChI is InChI=1S/C16H24N4O5/c1-16(2,3)25-15(23)20-7-5-10(6-8-20)18-14-17-9-11(13(21)22)12(19-14)24-4/h9-10H,5-8H2,1-4H3,(H,21,22)(H,17,18,19). The lowest BCUT2D eigenvalue weighted by atomic mass is 10.1. The van der Waals surface area contributed by atoms with Crippen LogP contribution in [0.4, 0.5) is 10.7 Å². The molecular weight excluding hydrogens is 328 g/mol. The molecule has 1 aliphatic heterocycles. The molecule has 138 valence electrons. The number of ether oxygens (including phenoxy) is 2. The quantitative estimate of drug-likeness (QED) is 0.846. The van der Waals surface area contributed by atoms with E-state index in [0.29, 0.717) is 31.9 Å². The number of aromatic nitrogens is 2. The van der Waals surface area contributed by atoms with Crippen molar-refractivity contribution >= 4 is 18.0 Å². The molecule has 0 aromatic carbocycles. The van der Waals surface area contributed by atoms with Crippen molar-refractivity contribution in [3.63, 3.8) is 0 Å². The minimum atomic E-state index is -1.14. The Hall–Kier alpha value is -2.58. The topological polar surface area (TPSA) is 114 Å². The molecule has 9 nitrogen and oxygen atoms in total. The van der Waals surface area contributed by atoms with Crippen LogP contribution < -0.4 is 10.1 Å². The first-order chi connectivity index (χ1) is 11.7. The number of nitrogens with one attached hydrogen (secondary N) is 1. The lowest BCUT2D eigenvalue weighted by molar-refractivity contribution is 0.0210. The highest BCUT2D eigenvalue weighted by molar-refractivity contribution is 5.89. The van der Waals surface area contributed by atoms with Crippen LogP contribution in [-0.2, 0) is 4.74 Å². The molecule has 2 rings (SSSR count). The Morgan fingerprint density at radius 3 is 2.48 bits per heavy atom. The molecule has 0 aliphatic carbocycles. The minimum absolute atomic E-state index is 0.0104. The largest absolute Gasteiger partial charge is 0.480 e. The maximum absolute atomic E-state index is 12.1. The number of aromatic carboxylic acids is 1. The molecule has 9 heteroatoms. The molecule has 2 heterocycles. The lowest BCUT2D eigenvalue weighted by Gasteiger charge is -2.33. The van der Waals surface area contributed by atoms with Gasteiger partial charge < -0.3 is 24.8 Å². The molecule has 1 saturated heterocycles. The zero-order valence-electron chi connectivity index (χ0n) is 14.9. The summed E-state index contributed by atoms with van der Waals surface area (Å²) in [6.45, 7) is 6.65. The summed E-state index contributed by atoms with van der Waals surface area (Å²) in [6.07, 6.45) is 2.33. The van der Waals surface area contributed by atoms with Gasteiger partial charge in [-0.15, -0.1) is 0 Å². The van der Waals surface area contributed by atoms with Gasteiger partial charge in [0, 0.05) is 19.1 Å². The van der Waals surface area contributed by atoms with Gasteiger partial charge in [-0.05, 0) is 33.6 Å². The minimum Gasteiger partial charge on any atom is -0.480 e. The van der Waals surface area contributed by atoms with Crippen molar-refractivity contribution in [3.8, 4) is 5.88 Å². The van der Waals surface area contributed by atoms with E-state index < -0.39 is 11.6 Å². The van der Waals surface area contributed by atoms with Crippen molar-refractivity contribution in [2.75, 3.05) is 25.5 Å². The van der Waals surface area contributed by atoms with Crippen molar-refractivity contribution in [1.82, 2.24) is 14.9 Å². The number of likely N-dealkylation sites (tertiary alicyclic amines) is 1. The van der Waals surface area contributed by atoms with E-state index in [2.05, 4.69) is 15.3 Å². The second kappa shape index (κ2) is 7.54. The van der Waals surface area contributed by atoms with E-state index in [1.807, 2.05) is 20.8 Å². The summed E-state index contributed by atoms with van der Waals surface area (Å²) in [5.41, 5.74) is -0.601. The molecule has 0 atom stereocenters. The average Bonchev–Trinajstić information content (AvgIpc) is 2.53. The van der Waals surface area contributed by atoms with E-state index >= 15 is 0 Å². The van der Waals surface area contributed by atoms with Gasteiger partial charge in [0.2, 0.25) is 11.8 Å². The average molecular weight is 352 g/mol. The highest BCUT2D eigenvalue weighted by atomic mass is 16.6. The predicted octanol–water partition coefficient (Wildman–Crippen LogP) is 1.99. The van der Waals surface area contributed by atoms with Crippen molar-refractivity contribution in [2.45, 2.75) is 45.3 Å². The number of nitrogens with zero attached hydrogens (tertiary/aromatic N) is 3. The smallest absolute Gasteiger partial charge is 0.410 e.